The maximum atomic E-state index is 12.8. The fourth-order valence-corrected chi connectivity index (χ4v) is 3.99. The first kappa shape index (κ1) is 28.8. The van der Waals surface area contributed by atoms with Crippen molar-refractivity contribution in [2.75, 3.05) is 57.7 Å². The summed E-state index contributed by atoms with van der Waals surface area (Å²) in [5, 5.41) is 7.90. The molecule has 0 unspecified atom stereocenters. The molecule has 4 rings (SSSR count). The predicted octanol–water partition coefficient (Wildman–Crippen LogP) is 4.72. The average Bonchev–Trinajstić information content (AvgIpc) is 2.98. The number of benzene rings is 3. The summed E-state index contributed by atoms with van der Waals surface area (Å²) in [5.74, 6) is 1.18. The number of aromatic nitrogens is 2. The minimum absolute atomic E-state index is 0.188. The van der Waals surface area contributed by atoms with Crippen molar-refractivity contribution in [2.24, 2.45) is 0 Å². The van der Waals surface area contributed by atoms with Crippen LogP contribution in [0.25, 0.3) is 10.8 Å². The van der Waals surface area contributed by atoms with Crippen molar-refractivity contribution in [1.29, 1.82) is 0 Å². The highest BCUT2D eigenvalue weighted by Crippen LogP contribution is 2.32. The zero-order valence-electron chi connectivity index (χ0n) is 22.8. The third-order valence-electron chi connectivity index (χ3n) is 6.02. The summed E-state index contributed by atoms with van der Waals surface area (Å²) in [4.78, 5) is 21.7. The molecule has 0 fully saturated rings. The molecule has 1 amide bonds. The second kappa shape index (κ2) is 14.8. The normalized spacial score (nSPS) is 10.9. The quantitative estimate of drug-likeness (QED) is 0.143. The number of hydrogen-bond acceptors (Lipinski definition) is 9. The third-order valence-corrected chi connectivity index (χ3v) is 6.02. The lowest BCUT2D eigenvalue weighted by Crippen LogP contribution is -2.27. The maximum Gasteiger partial charge on any atom is 0.251 e. The number of anilines is 3. The van der Waals surface area contributed by atoms with Crippen LogP contribution < -0.4 is 21.1 Å². The van der Waals surface area contributed by atoms with Gasteiger partial charge in [-0.1, -0.05) is 31.2 Å². The van der Waals surface area contributed by atoms with Gasteiger partial charge in [0.15, 0.2) is 0 Å². The van der Waals surface area contributed by atoms with Crippen LogP contribution in [0.3, 0.4) is 0 Å². The Kier molecular flexibility index (Phi) is 10.6. The number of nitrogens with two attached hydrogens (primary N) is 1. The molecule has 4 aromatic rings. The van der Waals surface area contributed by atoms with Gasteiger partial charge in [0.2, 0.25) is 11.8 Å². The summed E-state index contributed by atoms with van der Waals surface area (Å²) in [7, 11) is 1.63. The van der Waals surface area contributed by atoms with E-state index in [1.807, 2.05) is 55.5 Å². The van der Waals surface area contributed by atoms with Gasteiger partial charge in [0, 0.05) is 53.6 Å². The fourth-order valence-electron chi connectivity index (χ4n) is 3.99. The molecule has 0 radical (unpaired) electrons. The molecule has 3 aromatic carbocycles. The van der Waals surface area contributed by atoms with Gasteiger partial charge < -0.3 is 35.3 Å². The molecule has 4 N–H and O–H groups in total. The lowest BCUT2D eigenvalue weighted by molar-refractivity contribution is 0.0255. The SMILES string of the molecule is CCc1cc(Nc2nccc(Oc3ccc(N)c4ccccc34)n2)cc(C(=O)NCCOCCOCCOC)c1. The number of ether oxygens (including phenoxy) is 4. The Morgan fingerprint density at radius 1 is 0.925 bits per heavy atom. The Morgan fingerprint density at radius 3 is 2.50 bits per heavy atom. The Balaban J connectivity index is 1.37. The van der Waals surface area contributed by atoms with Gasteiger partial charge in [-0.25, -0.2) is 4.98 Å². The fraction of sp³-hybridized carbons (Fsp3) is 0.300. The number of rotatable bonds is 15. The molecule has 0 aliphatic heterocycles. The third kappa shape index (κ3) is 8.12. The zero-order chi connectivity index (χ0) is 28.2. The highest BCUT2D eigenvalue weighted by Gasteiger charge is 2.11. The van der Waals surface area contributed by atoms with E-state index in [-0.39, 0.29) is 5.91 Å². The summed E-state index contributed by atoms with van der Waals surface area (Å²) < 4.78 is 21.9. The number of nitrogens with one attached hydrogen (secondary N) is 2. The van der Waals surface area contributed by atoms with Gasteiger partial charge in [0.05, 0.1) is 33.0 Å². The van der Waals surface area contributed by atoms with Gasteiger partial charge in [0.25, 0.3) is 5.91 Å². The van der Waals surface area contributed by atoms with Crippen molar-refractivity contribution in [1.82, 2.24) is 15.3 Å². The second-order valence-electron chi connectivity index (χ2n) is 8.89. The van der Waals surface area contributed by atoms with Crippen molar-refractivity contribution in [3.63, 3.8) is 0 Å². The molecule has 1 heterocycles. The van der Waals surface area contributed by atoms with Gasteiger partial charge in [-0.3, -0.25) is 4.79 Å². The second-order valence-corrected chi connectivity index (χ2v) is 8.89. The van der Waals surface area contributed by atoms with Crippen molar-refractivity contribution < 1.29 is 23.7 Å². The van der Waals surface area contributed by atoms with Crippen LogP contribution in [0.1, 0.15) is 22.8 Å². The van der Waals surface area contributed by atoms with Gasteiger partial charge in [-0.15, -0.1) is 0 Å². The highest BCUT2D eigenvalue weighted by molar-refractivity contribution is 5.97. The van der Waals surface area contributed by atoms with Crippen LogP contribution in [0, 0.1) is 0 Å². The van der Waals surface area contributed by atoms with Crippen LogP contribution in [-0.4, -0.2) is 62.6 Å². The zero-order valence-corrected chi connectivity index (χ0v) is 22.8. The van der Waals surface area contributed by atoms with Crippen molar-refractivity contribution in [2.45, 2.75) is 13.3 Å². The lowest BCUT2D eigenvalue weighted by Gasteiger charge is -2.12. The molecule has 0 spiro atoms. The summed E-state index contributed by atoms with van der Waals surface area (Å²) in [5.41, 5.74) is 9.03. The molecule has 0 aliphatic carbocycles. The summed E-state index contributed by atoms with van der Waals surface area (Å²) in [6, 6.07) is 18.7. The number of hydrogen-bond donors (Lipinski definition) is 3. The molecular weight excluding hydrogens is 510 g/mol. The molecule has 1 aromatic heterocycles. The number of fused-ring (bicyclic) bond motifs is 1. The molecule has 0 bridgehead atoms. The number of amides is 1. The largest absolute Gasteiger partial charge is 0.438 e. The van der Waals surface area contributed by atoms with E-state index in [4.69, 9.17) is 24.7 Å². The minimum Gasteiger partial charge on any atom is -0.438 e. The molecule has 10 heteroatoms. The van der Waals surface area contributed by atoms with Crippen molar-refractivity contribution in [3.05, 3.63) is 78.0 Å². The number of nitrogen functional groups attached to an aromatic ring is 1. The van der Waals surface area contributed by atoms with Crippen LogP contribution in [0.15, 0.2) is 66.9 Å². The van der Waals surface area contributed by atoms with E-state index in [9.17, 15) is 4.79 Å². The van der Waals surface area contributed by atoms with Crippen molar-refractivity contribution in [3.8, 4) is 11.6 Å². The smallest absolute Gasteiger partial charge is 0.251 e. The van der Waals surface area contributed by atoms with E-state index in [0.717, 1.165) is 22.8 Å². The van der Waals surface area contributed by atoms with Crippen LogP contribution >= 0.6 is 0 Å². The number of aryl methyl sites for hydroxylation is 1. The average molecular weight is 546 g/mol. The van der Waals surface area contributed by atoms with Gasteiger partial charge in [-0.2, -0.15) is 4.98 Å². The number of carbonyl (C=O) groups is 1. The molecule has 0 saturated heterocycles. The van der Waals surface area contributed by atoms with E-state index in [2.05, 4.69) is 20.6 Å². The van der Waals surface area contributed by atoms with E-state index < -0.39 is 0 Å². The first-order chi connectivity index (χ1) is 19.6. The molecule has 0 aliphatic rings. The standard InChI is InChI=1S/C30H35N5O5/c1-3-21-18-22(29(36)32-12-13-38-16-17-39-15-14-37-2)20-23(19-21)34-30-33-11-10-28(35-30)40-27-9-8-26(31)24-6-4-5-7-25(24)27/h4-11,18-20H,3,12-17,31H2,1-2H3,(H,32,36)(H,33,34,35). The van der Waals surface area contributed by atoms with Crippen LogP contribution in [0.4, 0.5) is 17.3 Å². The predicted molar refractivity (Wildman–Crippen MR) is 155 cm³/mol. The number of carbonyl (C=O) groups excluding carboxylic acids is 1. The maximum absolute atomic E-state index is 12.8. The molecule has 0 saturated carbocycles. The first-order valence-electron chi connectivity index (χ1n) is 13.2. The van der Waals surface area contributed by atoms with Crippen molar-refractivity contribution >= 4 is 34.0 Å². The summed E-state index contributed by atoms with van der Waals surface area (Å²) in [6.45, 7) is 4.83. The Bertz CT molecular complexity index is 1410. The monoisotopic (exact) mass is 545 g/mol. The van der Waals surface area contributed by atoms with Gasteiger partial charge in [-0.05, 0) is 42.3 Å². The number of methoxy groups -OCH3 is 1. The minimum atomic E-state index is -0.188. The van der Waals surface area contributed by atoms with E-state index in [1.54, 1.807) is 25.4 Å². The Hall–Kier alpha value is -4.25. The molecular formula is C30H35N5O5. The van der Waals surface area contributed by atoms with E-state index in [0.29, 0.717) is 74.1 Å². The first-order valence-corrected chi connectivity index (χ1v) is 13.2. The summed E-state index contributed by atoms with van der Waals surface area (Å²) >= 11 is 0. The molecule has 40 heavy (non-hydrogen) atoms. The lowest BCUT2D eigenvalue weighted by atomic mass is 10.1. The van der Waals surface area contributed by atoms with Gasteiger partial charge >= 0.3 is 0 Å². The van der Waals surface area contributed by atoms with Crippen LogP contribution in [0.5, 0.6) is 11.6 Å². The van der Waals surface area contributed by atoms with Crippen LogP contribution in [0.2, 0.25) is 0 Å². The van der Waals surface area contributed by atoms with E-state index >= 15 is 0 Å². The molecule has 0 atom stereocenters. The highest BCUT2D eigenvalue weighted by atomic mass is 16.5. The topological polar surface area (TPSA) is 130 Å². The van der Waals surface area contributed by atoms with Crippen LogP contribution in [-0.2, 0) is 20.6 Å². The Morgan fingerprint density at radius 2 is 1.70 bits per heavy atom. The Labute approximate surface area is 233 Å². The molecule has 210 valence electrons. The molecule has 10 nitrogen and oxygen atoms in total. The van der Waals surface area contributed by atoms with E-state index in [1.165, 1.54) is 0 Å². The summed E-state index contributed by atoms with van der Waals surface area (Å²) in [6.07, 6.45) is 2.38. The number of nitrogens with zero attached hydrogens (tertiary/aromatic N) is 2. The van der Waals surface area contributed by atoms with Gasteiger partial charge in [0.1, 0.15) is 5.75 Å².